The molecule has 11 heteroatoms. The lowest BCUT2D eigenvalue weighted by molar-refractivity contribution is -0.127. The number of amides is 2. The van der Waals surface area contributed by atoms with Gasteiger partial charge in [0.25, 0.3) is 0 Å². The van der Waals surface area contributed by atoms with Gasteiger partial charge in [-0.15, -0.1) is 0 Å². The molecule has 1 aromatic heterocycles. The lowest BCUT2D eigenvalue weighted by atomic mass is 9.74. The van der Waals surface area contributed by atoms with E-state index in [1.54, 1.807) is 48.5 Å². The number of carbonyl (C=O) groups is 2. The summed E-state index contributed by atoms with van der Waals surface area (Å²) >= 11 is 12.7. The van der Waals surface area contributed by atoms with E-state index in [-0.39, 0.29) is 17.0 Å². The van der Waals surface area contributed by atoms with Gasteiger partial charge in [-0.05, 0) is 79.6 Å². The Kier molecular flexibility index (Phi) is 7.94. The molecular weight excluding hydrogens is 640 g/mol. The molecule has 1 fully saturated rings. The molecule has 0 unspecified atom stereocenters. The summed E-state index contributed by atoms with van der Waals surface area (Å²) in [7, 11) is 0. The van der Waals surface area contributed by atoms with Crippen molar-refractivity contribution in [3.05, 3.63) is 123 Å². The SMILES string of the molecule is CCOc1cccc(CN2[C@H]3Cn4c(nc5cc(C(N)=O)ccc54)[C@H]3[C@H](c3cccc(Cl)c3F)[C@]2(C)C(=O)Nc2cccc(Cl)c2)c1. The first-order valence-corrected chi connectivity index (χ1v) is 16.1. The van der Waals surface area contributed by atoms with Crippen LogP contribution in [0.5, 0.6) is 5.75 Å². The van der Waals surface area contributed by atoms with Gasteiger partial charge in [-0.1, -0.05) is 53.5 Å². The van der Waals surface area contributed by atoms with Crippen molar-refractivity contribution in [1.29, 1.82) is 0 Å². The number of primary amides is 1. The van der Waals surface area contributed by atoms with E-state index in [9.17, 15) is 9.59 Å². The number of benzene rings is 4. The monoisotopic (exact) mass is 671 g/mol. The second-order valence-corrected chi connectivity index (χ2v) is 13.0. The molecule has 47 heavy (non-hydrogen) atoms. The van der Waals surface area contributed by atoms with Crippen molar-refractivity contribution in [2.24, 2.45) is 5.73 Å². The van der Waals surface area contributed by atoms with Gasteiger partial charge in [-0.3, -0.25) is 14.5 Å². The molecule has 2 aliphatic heterocycles. The van der Waals surface area contributed by atoms with Crippen LogP contribution in [0.3, 0.4) is 0 Å². The minimum atomic E-state index is -1.30. The summed E-state index contributed by atoms with van der Waals surface area (Å²) in [5, 5.41) is 3.53. The highest BCUT2D eigenvalue weighted by atomic mass is 35.5. The lowest BCUT2D eigenvalue weighted by Gasteiger charge is -2.40. The fourth-order valence-electron chi connectivity index (χ4n) is 7.49. The summed E-state index contributed by atoms with van der Waals surface area (Å²) in [5.41, 5.74) is 7.83. The van der Waals surface area contributed by atoms with Gasteiger partial charge >= 0.3 is 0 Å². The third-order valence-corrected chi connectivity index (χ3v) is 10.1. The minimum absolute atomic E-state index is 0.0304. The van der Waals surface area contributed by atoms with Crippen LogP contribution in [-0.4, -0.2) is 44.5 Å². The summed E-state index contributed by atoms with van der Waals surface area (Å²) in [6.07, 6.45) is 0. The van der Waals surface area contributed by atoms with Crippen molar-refractivity contribution in [2.75, 3.05) is 11.9 Å². The van der Waals surface area contributed by atoms with Crippen LogP contribution in [-0.2, 0) is 17.9 Å². The van der Waals surface area contributed by atoms with E-state index in [2.05, 4.69) is 14.8 Å². The van der Waals surface area contributed by atoms with Crippen LogP contribution in [0.4, 0.5) is 10.1 Å². The molecule has 0 spiro atoms. The topological polar surface area (TPSA) is 102 Å². The predicted octanol–water partition coefficient (Wildman–Crippen LogP) is 7.14. The second kappa shape index (κ2) is 12.0. The fraction of sp³-hybridized carbons (Fsp3) is 0.250. The molecule has 7 rings (SSSR count). The molecule has 0 bridgehead atoms. The third kappa shape index (κ3) is 5.23. The lowest BCUT2D eigenvalue weighted by Crippen LogP contribution is -2.55. The number of anilines is 1. The van der Waals surface area contributed by atoms with Crippen LogP contribution in [0.2, 0.25) is 10.0 Å². The number of aromatic nitrogens is 2. The molecule has 0 aliphatic carbocycles. The van der Waals surface area contributed by atoms with Gasteiger partial charge in [-0.25, -0.2) is 9.37 Å². The number of ether oxygens (including phenoxy) is 1. The molecular formula is C36H32Cl2FN5O3. The van der Waals surface area contributed by atoms with Crippen molar-refractivity contribution in [2.45, 2.75) is 50.4 Å². The van der Waals surface area contributed by atoms with Crippen molar-refractivity contribution in [3.8, 4) is 5.75 Å². The molecule has 2 aliphatic rings. The zero-order valence-corrected chi connectivity index (χ0v) is 27.2. The minimum Gasteiger partial charge on any atom is -0.494 e. The van der Waals surface area contributed by atoms with Gasteiger partial charge in [-0.2, -0.15) is 0 Å². The van der Waals surface area contributed by atoms with Gasteiger partial charge in [0.15, 0.2) is 0 Å². The quantitative estimate of drug-likeness (QED) is 0.183. The molecule has 0 saturated carbocycles. The Bertz CT molecular complexity index is 2050. The third-order valence-electron chi connectivity index (χ3n) is 9.53. The van der Waals surface area contributed by atoms with Crippen LogP contribution < -0.4 is 15.8 Å². The average Bonchev–Trinajstić information content (AvgIpc) is 3.65. The molecule has 2 amide bonds. The molecule has 0 radical (unpaired) electrons. The Morgan fingerprint density at radius 3 is 2.62 bits per heavy atom. The van der Waals surface area contributed by atoms with Crippen molar-refractivity contribution >= 4 is 51.7 Å². The molecule has 240 valence electrons. The number of nitrogens with zero attached hydrogens (tertiary/aromatic N) is 3. The van der Waals surface area contributed by atoms with Crippen LogP contribution in [0, 0.1) is 5.82 Å². The standard InChI is InChI=1S/C36H32Cl2FN5O3/c1-3-47-24-10-4-7-20(15-24)18-44-29-19-43-28-14-13-21(33(40)45)16-27(28)42-34(43)30(29)31(25-11-6-12-26(38)32(25)39)36(44,2)35(46)41-23-9-5-8-22(37)17-23/h4-17,29-31H,3,18-19H2,1-2H3,(H2,40,45)(H,41,46)/t29-,30+,31-,36+/m0/s1. The van der Waals surface area contributed by atoms with Gasteiger partial charge in [0.2, 0.25) is 11.8 Å². The Morgan fingerprint density at radius 1 is 1.06 bits per heavy atom. The smallest absolute Gasteiger partial charge is 0.248 e. The van der Waals surface area contributed by atoms with Crippen molar-refractivity contribution in [3.63, 3.8) is 0 Å². The maximum atomic E-state index is 16.2. The normalized spacial score (nSPS) is 21.9. The van der Waals surface area contributed by atoms with Gasteiger partial charge in [0.05, 0.1) is 22.7 Å². The van der Waals surface area contributed by atoms with E-state index in [1.165, 1.54) is 6.07 Å². The molecule has 1 saturated heterocycles. The van der Waals surface area contributed by atoms with Gasteiger partial charge in [0, 0.05) is 47.2 Å². The van der Waals surface area contributed by atoms with Crippen molar-refractivity contribution in [1.82, 2.24) is 14.5 Å². The first-order valence-electron chi connectivity index (χ1n) is 15.4. The number of halogens is 3. The Labute approximate surface area is 281 Å². The van der Waals surface area contributed by atoms with Crippen LogP contribution >= 0.6 is 23.2 Å². The number of nitrogens with two attached hydrogens (primary N) is 1. The second-order valence-electron chi connectivity index (χ2n) is 12.2. The zero-order valence-electron chi connectivity index (χ0n) is 25.7. The average molecular weight is 673 g/mol. The van der Waals surface area contributed by atoms with E-state index in [4.69, 9.17) is 38.7 Å². The van der Waals surface area contributed by atoms with Crippen LogP contribution in [0.25, 0.3) is 11.0 Å². The van der Waals surface area contributed by atoms with Crippen LogP contribution in [0.15, 0.2) is 84.9 Å². The molecule has 4 aromatic carbocycles. The summed E-state index contributed by atoms with van der Waals surface area (Å²) < 4.78 is 24.1. The maximum absolute atomic E-state index is 16.2. The Balaban J connectivity index is 1.43. The van der Waals surface area contributed by atoms with Gasteiger partial charge < -0.3 is 20.4 Å². The van der Waals surface area contributed by atoms with E-state index in [1.807, 2.05) is 44.2 Å². The number of carbonyl (C=O) groups excluding carboxylic acids is 2. The van der Waals surface area contributed by atoms with E-state index < -0.39 is 29.1 Å². The maximum Gasteiger partial charge on any atom is 0.248 e. The summed E-state index contributed by atoms with van der Waals surface area (Å²) in [6, 6.07) is 24.6. The molecule has 8 nitrogen and oxygen atoms in total. The van der Waals surface area contributed by atoms with E-state index in [0.717, 1.165) is 16.8 Å². The van der Waals surface area contributed by atoms with E-state index in [0.29, 0.717) is 52.9 Å². The Hall–Kier alpha value is -4.44. The van der Waals surface area contributed by atoms with E-state index >= 15 is 4.39 Å². The fourth-order valence-corrected chi connectivity index (χ4v) is 7.86. The zero-order chi connectivity index (χ0) is 33.0. The largest absolute Gasteiger partial charge is 0.494 e. The predicted molar refractivity (Wildman–Crippen MR) is 181 cm³/mol. The number of imidazole rings is 1. The highest BCUT2D eigenvalue weighted by molar-refractivity contribution is 6.31. The summed E-state index contributed by atoms with van der Waals surface area (Å²) in [4.78, 5) is 33.9. The number of fused-ring (bicyclic) bond motifs is 5. The molecule has 3 N–H and O–H groups in total. The van der Waals surface area contributed by atoms with Crippen molar-refractivity contribution < 1.29 is 18.7 Å². The Morgan fingerprint density at radius 2 is 1.85 bits per heavy atom. The number of hydrogen-bond acceptors (Lipinski definition) is 5. The highest BCUT2D eigenvalue weighted by Crippen LogP contribution is 2.58. The summed E-state index contributed by atoms with van der Waals surface area (Å²) in [5.74, 6) is -1.17. The van der Waals surface area contributed by atoms with Crippen LogP contribution in [0.1, 0.15) is 53.0 Å². The molecule has 5 aromatic rings. The molecule has 3 heterocycles. The summed E-state index contributed by atoms with van der Waals surface area (Å²) in [6.45, 7) is 5.15. The van der Waals surface area contributed by atoms with Gasteiger partial charge in [0.1, 0.15) is 22.9 Å². The first-order chi connectivity index (χ1) is 22.6. The number of likely N-dealkylation sites (tertiary alicyclic amines) is 1. The number of hydrogen-bond donors (Lipinski definition) is 2. The highest BCUT2D eigenvalue weighted by Gasteiger charge is 2.64. The number of nitrogens with one attached hydrogen (secondary N) is 1. The number of rotatable bonds is 8. The molecule has 4 atom stereocenters. The first kappa shape index (κ1) is 31.2.